The molecule has 0 bridgehead atoms. The van der Waals surface area contributed by atoms with Crippen LogP contribution in [0.4, 0.5) is 11.4 Å². The molecule has 1 saturated heterocycles. The summed E-state index contributed by atoms with van der Waals surface area (Å²) in [6.45, 7) is 3.53. The molecule has 4 rings (SSSR count). The Morgan fingerprint density at radius 2 is 1.73 bits per heavy atom. The van der Waals surface area contributed by atoms with Crippen LogP contribution < -0.4 is 9.80 Å². The molecule has 2 aromatic rings. The highest BCUT2D eigenvalue weighted by atomic mass is 32.2. The van der Waals surface area contributed by atoms with Crippen molar-refractivity contribution < 1.29 is 14.4 Å². The first-order valence-corrected chi connectivity index (χ1v) is 9.44. The fourth-order valence-electron chi connectivity index (χ4n) is 3.65. The lowest BCUT2D eigenvalue weighted by molar-refractivity contribution is -0.128. The third-order valence-electron chi connectivity index (χ3n) is 4.80. The highest BCUT2D eigenvalue weighted by Crippen LogP contribution is 2.57. The summed E-state index contributed by atoms with van der Waals surface area (Å²) in [7, 11) is 0. The van der Waals surface area contributed by atoms with E-state index in [1.807, 2.05) is 42.5 Å². The van der Waals surface area contributed by atoms with E-state index in [0.29, 0.717) is 16.9 Å². The van der Waals surface area contributed by atoms with Gasteiger partial charge >= 0.3 is 0 Å². The Kier molecular flexibility index (Phi) is 3.88. The van der Waals surface area contributed by atoms with Crippen molar-refractivity contribution in [2.45, 2.75) is 30.4 Å². The molecule has 0 N–H and O–H groups in total. The number of carbonyl (C=O) groups excluding carboxylic acids is 3. The quantitative estimate of drug-likeness (QED) is 0.818. The third-order valence-corrected chi connectivity index (χ3v) is 6.27. The molecule has 2 heterocycles. The SMILES string of the molecule is CCC(=O)N1C(=O)[C@]2(S[C@H](C)C(=O)N2c2ccccc2)c2ccccc21. The van der Waals surface area contributed by atoms with E-state index in [4.69, 9.17) is 0 Å². The van der Waals surface area contributed by atoms with Crippen LogP contribution in [-0.2, 0) is 19.3 Å². The first-order valence-electron chi connectivity index (χ1n) is 8.56. The lowest BCUT2D eigenvalue weighted by Gasteiger charge is -2.32. The number of para-hydroxylation sites is 2. The van der Waals surface area contributed by atoms with Crippen molar-refractivity contribution in [3.05, 3.63) is 60.2 Å². The zero-order valence-corrected chi connectivity index (χ0v) is 15.3. The lowest BCUT2D eigenvalue weighted by Crippen LogP contribution is -2.51. The highest BCUT2D eigenvalue weighted by Gasteiger charge is 2.63. The maximum atomic E-state index is 13.6. The van der Waals surface area contributed by atoms with Crippen molar-refractivity contribution >= 4 is 40.9 Å². The van der Waals surface area contributed by atoms with E-state index in [1.165, 1.54) is 16.7 Å². The predicted molar refractivity (Wildman–Crippen MR) is 102 cm³/mol. The van der Waals surface area contributed by atoms with Crippen LogP contribution in [0.5, 0.6) is 0 Å². The van der Waals surface area contributed by atoms with Crippen LogP contribution in [0.3, 0.4) is 0 Å². The van der Waals surface area contributed by atoms with Crippen molar-refractivity contribution in [1.82, 2.24) is 0 Å². The summed E-state index contributed by atoms with van der Waals surface area (Å²) in [5, 5.41) is -0.385. The Bertz CT molecular complexity index is 914. The number of imide groups is 1. The summed E-state index contributed by atoms with van der Waals surface area (Å²) >= 11 is 1.30. The molecule has 2 aliphatic heterocycles. The Balaban J connectivity index is 1.98. The molecule has 26 heavy (non-hydrogen) atoms. The molecule has 2 aromatic carbocycles. The minimum absolute atomic E-state index is 0.129. The maximum absolute atomic E-state index is 13.6. The molecule has 0 radical (unpaired) electrons. The van der Waals surface area contributed by atoms with Gasteiger partial charge in [0.1, 0.15) is 0 Å². The second-order valence-electron chi connectivity index (χ2n) is 6.32. The van der Waals surface area contributed by atoms with E-state index in [1.54, 1.807) is 30.9 Å². The van der Waals surface area contributed by atoms with E-state index in [-0.39, 0.29) is 29.4 Å². The molecular weight excluding hydrogens is 348 g/mol. The van der Waals surface area contributed by atoms with Crippen LogP contribution >= 0.6 is 11.8 Å². The molecule has 0 saturated carbocycles. The van der Waals surface area contributed by atoms with Crippen LogP contribution in [-0.4, -0.2) is 23.0 Å². The second-order valence-corrected chi connectivity index (χ2v) is 7.85. The first kappa shape index (κ1) is 16.8. The summed E-state index contributed by atoms with van der Waals surface area (Å²) in [6.07, 6.45) is 0.218. The standard InChI is InChI=1S/C20H18N2O3S/c1-3-17(23)21-16-12-8-7-11-15(16)20(19(21)25)22(18(24)13(2)26-20)14-9-5-4-6-10-14/h4-13H,3H2,1-2H3/t13-,20-/m1/s1. The molecular formula is C20H18N2O3S. The fraction of sp³-hybridized carbons (Fsp3) is 0.250. The number of anilines is 2. The van der Waals surface area contributed by atoms with E-state index < -0.39 is 4.87 Å². The number of carbonyl (C=O) groups is 3. The number of benzene rings is 2. The highest BCUT2D eigenvalue weighted by molar-refractivity contribution is 8.03. The molecule has 1 fully saturated rings. The minimum atomic E-state index is -1.24. The van der Waals surface area contributed by atoms with E-state index in [9.17, 15) is 14.4 Å². The van der Waals surface area contributed by atoms with Gasteiger partial charge in [-0.3, -0.25) is 19.3 Å². The van der Waals surface area contributed by atoms with Crippen molar-refractivity contribution in [3.8, 4) is 0 Å². The Labute approximate surface area is 156 Å². The number of amides is 3. The van der Waals surface area contributed by atoms with Crippen LogP contribution in [0.15, 0.2) is 54.6 Å². The number of hydrogen-bond acceptors (Lipinski definition) is 4. The lowest BCUT2D eigenvalue weighted by atomic mass is 10.0. The summed E-state index contributed by atoms with van der Waals surface area (Å²) in [5.74, 6) is -0.757. The summed E-state index contributed by atoms with van der Waals surface area (Å²) in [4.78, 5) is 40.7. The van der Waals surface area contributed by atoms with Gasteiger partial charge in [-0.15, -0.1) is 11.8 Å². The number of hydrogen-bond donors (Lipinski definition) is 0. The molecule has 132 valence electrons. The Morgan fingerprint density at radius 1 is 1.08 bits per heavy atom. The Hall–Kier alpha value is -2.60. The van der Waals surface area contributed by atoms with Crippen molar-refractivity contribution in [2.75, 3.05) is 9.80 Å². The van der Waals surface area contributed by atoms with Gasteiger partial charge in [-0.05, 0) is 25.1 Å². The molecule has 2 atom stereocenters. The third kappa shape index (κ3) is 2.08. The van der Waals surface area contributed by atoms with Gasteiger partial charge in [-0.2, -0.15) is 0 Å². The van der Waals surface area contributed by atoms with Crippen molar-refractivity contribution in [3.63, 3.8) is 0 Å². The maximum Gasteiger partial charge on any atom is 0.275 e. The van der Waals surface area contributed by atoms with Crippen molar-refractivity contribution in [2.24, 2.45) is 0 Å². The van der Waals surface area contributed by atoms with Crippen LogP contribution in [0.1, 0.15) is 25.8 Å². The number of rotatable bonds is 2. The van der Waals surface area contributed by atoms with Gasteiger partial charge in [0.15, 0.2) is 0 Å². The molecule has 6 heteroatoms. The predicted octanol–water partition coefficient (Wildman–Crippen LogP) is 3.29. The molecule has 1 spiro atoms. The number of fused-ring (bicyclic) bond motifs is 2. The molecule has 3 amide bonds. The fourth-order valence-corrected chi connectivity index (χ4v) is 5.16. The van der Waals surface area contributed by atoms with Gasteiger partial charge in [-0.25, -0.2) is 4.90 Å². The molecule has 5 nitrogen and oxygen atoms in total. The van der Waals surface area contributed by atoms with Crippen LogP contribution in [0.2, 0.25) is 0 Å². The van der Waals surface area contributed by atoms with Crippen LogP contribution in [0, 0.1) is 0 Å². The number of thioether (sulfide) groups is 1. The average Bonchev–Trinajstić information content (AvgIpc) is 3.07. The largest absolute Gasteiger partial charge is 0.283 e. The molecule has 0 aliphatic carbocycles. The van der Waals surface area contributed by atoms with E-state index >= 15 is 0 Å². The normalized spacial score (nSPS) is 24.5. The van der Waals surface area contributed by atoms with E-state index in [2.05, 4.69) is 0 Å². The summed E-state index contributed by atoms with van der Waals surface area (Å²) in [5.41, 5.74) is 1.92. The van der Waals surface area contributed by atoms with Crippen LogP contribution in [0.25, 0.3) is 0 Å². The van der Waals surface area contributed by atoms with Gasteiger partial charge in [0.25, 0.3) is 5.91 Å². The van der Waals surface area contributed by atoms with E-state index in [0.717, 1.165) is 0 Å². The smallest absolute Gasteiger partial charge is 0.275 e. The molecule has 0 unspecified atom stereocenters. The average molecular weight is 366 g/mol. The monoisotopic (exact) mass is 366 g/mol. The number of nitrogens with zero attached hydrogens (tertiary/aromatic N) is 2. The Morgan fingerprint density at radius 3 is 2.42 bits per heavy atom. The van der Waals surface area contributed by atoms with Gasteiger partial charge in [0.05, 0.1) is 10.9 Å². The van der Waals surface area contributed by atoms with Gasteiger partial charge in [0.2, 0.25) is 16.7 Å². The first-order chi connectivity index (χ1) is 12.5. The summed E-state index contributed by atoms with van der Waals surface area (Å²) < 4.78 is 0. The van der Waals surface area contributed by atoms with Gasteiger partial charge in [-0.1, -0.05) is 43.3 Å². The molecule has 2 aliphatic rings. The zero-order chi connectivity index (χ0) is 18.5. The van der Waals surface area contributed by atoms with Gasteiger partial charge in [0, 0.05) is 17.7 Å². The van der Waals surface area contributed by atoms with Crippen molar-refractivity contribution in [1.29, 1.82) is 0 Å². The minimum Gasteiger partial charge on any atom is -0.283 e. The second kappa shape index (κ2) is 5.99. The molecule has 0 aromatic heterocycles. The van der Waals surface area contributed by atoms with Gasteiger partial charge < -0.3 is 0 Å². The topological polar surface area (TPSA) is 57.7 Å². The zero-order valence-electron chi connectivity index (χ0n) is 14.5. The summed E-state index contributed by atoms with van der Waals surface area (Å²) in [6, 6.07) is 16.4.